The van der Waals surface area contributed by atoms with Gasteiger partial charge in [-0.1, -0.05) is 12.1 Å². The Hall–Kier alpha value is -1.18. The van der Waals surface area contributed by atoms with Gasteiger partial charge in [-0.25, -0.2) is 0 Å². The first-order valence-electron chi connectivity index (χ1n) is 9.95. The molecule has 0 aliphatic heterocycles. The second-order valence-corrected chi connectivity index (χ2v) is 7.96. The predicted octanol–water partition coefficient (Wildman–Crippen LogP) is 3.38. The van der Waals surface area contributed by atoms with Crippen LogP contribution in [0.2, 0.25) is 0 Å². The van der Waals surface area contributed by atoms with Crippen LogP contribution >= 0.6 is 0 Å². The highest BCUT2D eigenvalue weighted by atomic mass is 16.6. The zero-order valence-electron chi connectivity index (χ0n) is 18.3. The number of aliphatic hydroxyl groups is 1. The molecule has 0 aliphatic carbocycles. The molecule has 1 atom stereocenters. The van der Waals surface area contributed by atoms with Crippen molar-refractivity contribution in [2.24, 2.45) is 0 Å². The number of benzene rings is 1. The average Bonchev–Trinajstić information content (AvgIpc) is 2.58. The normalized spacial score (nSPS) is 13.5. The summed E-state index contributed by atoms with van der Waals surface area (Å²) in [7, 11) is 0. The minimum absolute atomic E-state index is 0.113. The largest absolute Gasteiger partial charge is 0.491 e. The zero-order chi connectivity index (χ0) is 21.0. The van der Waals surface area contributed by atoms with Gasteiger partial charge in [-0.05, 0) is 59.2 Å². The summed E-state index contributed by atoms with van der Waals surface area (Å²) < 4.78 is 28.0. The second kappa shape index (κ2) is 12.4. The molecule has 28 heavy (non-hydrogen) atoms. The lowest BCUT2D eigenvalue weighted by Gasteiger charge is -2.39. The molecule has 6 heteroatoms. The van der Waals surface area contributed by atoms with Gasteiger partial charge in [-0.15, -0.1) is 0 Å². The third kappa shape index (κ3) is 10.4. The summed E-state index contributed by atoms with van der Waals surface area (Å²) in [5.74, 6) is 0.862. The van der Waals surface area contributed by atoms with E-state index in [1.807, 2.05) is 52.0 Å². The molecule has 0 fully saturated rings. The summed E-state index contributed by atoms with van der Waals surface area (Å²) in [5.41, 5.74) is -0.391. The van der Waals surface area contributed by atoms with E-state index in [1.54, 1.807) is 13.8 Å². The summed E-state index contributed by atoms with van der Waals surface area (Å²) in [6, 6.07) is 7.95. The molecule has 162 valence electrons. The fourth-order valence-corrected chi connectivity index (χ4v) is 2.29. The Morgan fingerprint density at radius 3 is 2.04 bits per heavy atom. The minimum Gasteiger partial charge on any atom is -0.491 e. The van der Waals surface area contributed by atoms with Gasteiger partial charge < -0.3 is 28.8 Å². The van der Waals surface area contributed by atoms with Crippen LogP contribution in [0.25, 0.3) is 0 Å². The first kappa shape index (κ1) is 24.9. The maximum Gasteiger partial charge on any atom is 0.119 e. The van der Waals surface area contributed by atoms with E-state index in [0.29, 0.717) is 46.2 Å². The van der Waals surface area contributed by atoms with Crippen LogP contribution < -0.4 is 4.74 Å². The van der Waals surface area contributed by atoms with E-state index < -0.39 is 11.2 Å². The van der Waals surface area contributed by atoms with Crippen molar-refractivity contribution < 1.29 is 28.8 Å². The maximum atomic E-state index is 10.1. The average molecular weight is 399 g/mol. The lowest BCUT2D eigenvalue weighted by molar-refractivity contribution is -0.181. The third-order valence-electron chi connectivity index (χ3n) is 4.55. The van der Waals surface area contributed by atoms with Crippen LogP contribution in [0.4, 0.5) is 0 Å². The first-order valence-corrected chi connectivity index (χ1v) is 9.95. The lowest BCUT2D eigenvalue weighted by atomic mass is 9.89. The quantitative estimate of drug-likeness (QED) is 0.457. The summed E-state index contributed by atoms with van der Waals surface area (Å²) in [6.45, 7) is 14.7. The summed E-state index contributed by atoms with van der Waals surface area (Å²) in [4.78, 5) is 0. The van der Waals surface area contributed by atoms with E-state index in [1.165, 1.54) is 5.56 Å². The fourth-order valence-electron chi connectivity index (χ4n) is 2.29. The number of hydrogen-bond donors (Lipinski definition) is 1. The molecule has 1 unspecified atom stereocenters. The minimum atomic E-state index is -0.921. The van der Waals surface area contributed by atoms with Gasteiger partial charge in [0.05, 0.1) is 56.9 Å². The highest BCUT2D eigenvalue weighted by Crippen LogP contribution is 2.26. The van der Waals surface area contributed by atoms with Crippen LogP contribution in [-0.2, 0) is 18.9 Å². The first-order chi connectivity index (χ1) is 13.1. The van der Waals surface area contributed by atoms with Gasteiger partial charge >= 0.3 is 0 Å². The van der Waals surface area contributed by atoms with Crippen molar-refractivity contribution in [3.05, 3.63) is 29.8 Å². The van der Waals surface area contributed by atoms with Crippen molar-refractivity contribution in [2.75, 3.05) is 46.2 Å². The molecule has 1 aromatic rings. The lowest BCUT2D eigenvalue weighted by Crippen LogP contribution is -2.49. The van der Waals surface area contributed by atoms with E-state index in [2.05, 4.69) is 0 Å². The number of hydrogen-bond acceptors (Lipinski definition) is 6. The standard InChI is InChI=1S/C22H38O6/c1-18-8-7-9-20(16-18)27-15-14-25-11-10-24-12-13-26-17-19(2)28-22(5,6)21(3,4)23/h7-9,16,19,23H,10-15,17H2,1-6H3. The highest BCUT2D eigenvalue weighted by molar-refractivity contribution is 5.27. The van der Waals surface area contributed by atoms with E-state index in [0.717, 1.165) is 5.75 Å². The Morgan fingerprint density at radius 1 is 0.893 bits per heavy atom. The molecule has 0 heterocycles. The van der Waals surface area contributed by atoms with E-state index in [-0.39, 0.29) is 6.10 Å². The van der Waals surface area contributed by atoms with Gasteiger partial charge in [0.1, 0.15) is 12.4 Å². The van der Waals surface area contributed by atoms with Crippen molar-refractivity contribution in [1.29, 1.82) is 0 Å². The SMILES string of the molecule is Cc1cccc(OCCOCCOCCOCC(C)OC(C)(C)C(C)(C)O)c1. The predicted molar refractivity (Wildman–Crippen MR) is 110 cm³/mol. The Balaban J connectivity index is 1.94. The molecule has 0 bridgehead atoms. The monoisotopic (exact) mass is 398 g/mol. The molecule has 0 amide bonds. The summed E-state index contributed by atoms with van der Waals surface area (Å²) >= 11 is 0. The molecule has 0 saturated heterocycles. The van der Waals surface area contributed by atoms with Gasteiger partial charge in [0.15, 0.2) is 0 Å². The van der Waals surface area contributed by atoms with Crippen LogP contribution in [-0.4, -0.2) is 68.7 Å². The van der Waals surface area contributed by atoms with Gasteiger partial charge in [-0.2, -0.15) is 0 Å². The third-order valence-corrected chi connectivity index (χ3v) is 4.55. The molecular formula is C22H38O6. The smallest absolute Gasteiger partial charge is 0.119 e. The van der Waals surface area contributed by atoms with E-state index >= 15 is 0 Å². The number of ether oxygens (including phenoxy) is 5. The molecule has 0 spiro atoms. The van der Waals surface area contributed by atoms with Crippen LogP contribution in [0.15, 0.2) is 24.3 Å². The number of rotatable bonds is 15. The Kier molecular flexibility index (Phi) is 11.0. The van der Waals surface area contributed by atoms with Gasteiger partial charge in [0.25, 0.3) is 0 Å². The zero-order valence-corrected chi connectivity index (χ0v) is 18.3. The Morgan fingerprint density at radius 2 is 1.46 bits per heavy atom. The Bertz CT molecular complexity index is 538. The summed E-state index contributed by atoms with van der Waals surface area (Å²) in [6.07, 6.45) is -0.113. The van der Waals surface area contributed by atoms with Gasteiger partial charge in [0, 0.05) is 0 Å². The van der Waals surface area contributed by atoms with Crippen LogP contribution in [0.3, 0.4) is 0 Å². The van der Waals surface area contributed by atoms with Crippen molar-refractivity contribution >= 4 is 0 Å². The van der Waals surface area contributed by atoms with E-state index in [4.69, 9.17) is 23.7 Å². The van der Waals surface area contributed by atoms with Crippen molar-refractivity contribution in [3.63, 3.8) is 0 Å². The summed E-state index contributed by atoms with van der Waals surface area (Å²) in [5, 5.41) is 10.1. The Labute approximate surface area is 170 Å². The molecule has 0 saturated carbocycles. The molecule has 1 rings (SSSR count). The molecule has 6 nitrogen and oxygen atoms in total. The second-order valence-electron chi connectivity index (χ2n) is 7.96. The van der Waals surface area contributed by atoms with Crippen molar-refractivity contribution in [3.8, 4) is 5.75 Å². The molecule has 0 radical (unpaired) electrons. The van der Waals surface area contributed by atoms with Crippen molar-refractivity contribution in [2.45, 2.75) is 58.8 Å². The topological polar surface area (TPSA) is 66.4 Å². The van der Waals surface area contributed by atoms with Gasteiger partial charge in [-0.3, -0.25) is 0 Å². The van der Waals surface area contributed by atoms with Crippen LogP contribution in [0, 0.1) is 6.92 Å². The molecule has 1 aromatic carbocycles. The van der Waals surface area contributed by atoms with E-state index in [9.17, 15) is 5.11 Å². The molecule has 1 N–H and O–H groups in total. The molecule has 0 aromatic heterocycles. The highest BCUT2D eigenvalue weighted by Gasteiger charge is 2.37. The fraction of sp³-hybridized carbons (Fsp3) is 0.727. The van der Waals surface area contributed by atoms with Crippen LogP contribution in [0.1, 0.15) is 40.2 Å². The van der Waals surface area contributed by atoms with Crippen molar-refractivity contribution in [1.82, 2.24) is 0 Å². The molecule has 0 aliphatic rings. The molecular weight excluding hydrogens is 360 g/mol. The van der Waals surface area contributed by atoms with Crippen LogP contribution in [0.5, 0.6) is 5.75 Å². The number of aryl methyl sites for hydroxylation is 1. The van der Waals surface area contributed by atoms with Gasteiger partial charge in [0.2, 0.25) is 0 Å². The maximum absolute atomic E-state index is 10.1.